The van der Waals surface area contributed by atoms with Gasteiger partial charge in [0.1, 0.15) is 18.3 Å². The Balaban J connectivity index is 2.09. The Hall–Kier alpha value is -3.67. The minimum absolute atomic E-state index is 0.0294. The fourth-order valence-corrected chi connectivity index (χ4v) is 6.14. The van der Waals surface area contributed by atoms with Crippen molar-refractivity contribution in [2.45, 2.75) is 57.6 Å². The first-order valence-electron chi connectivity index (χ1n) is 14.4. The van der Waals surface area contributed by atoms with E-state index in [2.05, 4.69) is 5.32 Å². The largest absolute Gasteiger partial charge is 0.494 e. The van der Waals surface area contributed by atoms with E-state index in [-0.39, 0.29) is 39.8 Å². The molecule has 0 bridgehead atoms. The second-order valence-electron chi connectivity index (χ2n) is 10.2. The summed E-state index contributed by atoms with van der Waals surface area (Å²) in [4.78, 5) is 28.6. The molecule has 244 valence electrons. The predicted molar refractivity (Wildman–Crippen MR) is 176 cm³/mol. The zero-order valence-corrected chi connectivity index (χ0v) is 28.5. The molecule has 0 aliphatic rings. The number of nitrogens with zero attached hydrogens (tertiary/aromatic N) is 2. The maximum absolute atomic E-state index is 14.2. The van der Waals surface area contributed by atoms with Gasteiger partial charge in [0.15, 0.2) is 11.5 Å². The number of carbonyl (C=O) groups is 2. The number of nitrogens with one attached hydrogen (secondary N) is 1. The molecule has 0 unspecified atom stereocenters. The molecule has 0 aromatic heterocycles. The molecule has 0 aliphatic heterocycles. The van der Waals surface area contributed by atoms with Crippen LogP contribution in [0.4, 0.5) is 5.69 Å². The van der Waals surface area contributed by atoms with Crippen molar-refractivity contribution in [1.82, 2.24) is 10.2 Å². The van der Waals surface area contributed by atoms with Crippen LogP contribution in [0.2, 0.25) is 10.0 Å². The van der Waals surface area contributed by atoms with E-state index in [4.69, 9.17) is 37.4 Å². The smallest absolute Gasteiger partial charge is 0.264 e. The minimum Gasteiger partial charge on any atom is -0.494 e. The van der Waals surface area contributed by atoms with Gasteiger partial charge in [0.2, 0.25) is 11.8 Å². The third kappa shape index (κ3) is 8.96. The summed E-state index contributed by atoms with van der Waals surface area (Å²) >= 11 is 12.4. The molecule has 0 fully saturated rings. The number of halogens is 2. The lowest BCUT2D eigenvalue weighted by atomic mass is 10.1. The second kappa shape index (κ2) is 16.1. The highest BCUT2D eigenvalue weighted by atomic mass is 35.5. The Morgan fingerprint density at radius 2 is 1.56 bits per heavy atom. The number of hydrogen-bond acceptors (Lipinski definition) is 7. The van der Waals surface area contributed by atoms with Gasteiger partial charge in [0.25, 0.3) is 10.0 Å². The number of anilines is 1. The van der Waals surface area contributed by atoms with E-state index in [1.165, 1.54) is 37.3 Å². The molecule has 0 saturated heterocycles. The van der Waals surface area contributed by atoms with Gasteiger partial charge in [0.05, 0.1) is 41.5 Å². The van der Waals surface area contributed by atoms with Gasteiger partial charge in [0, 0.05) is 18.7 Å². The quantitative estimate of drug-likeness (QED) is 0.212. The molecule has 10 nitrogen and oxygen atoms in total. The predicted octanol–water partition coefficient (Wildman–Crippen LogP) is 5.94. The number of carbonyl (C=O) groups excluding carboxylic acids is 2. The average Bonchev–Trinajstić information content (AvgIpc) is 3.03. The van der Waals surface area contributed by atoms with Crippen LogP contribution in [0.5, 0.6) is 17.2 Å². The first-order chi connectivity index (χ1) is 21.4. The Morgan fingerprint density at radius 3 is 2.13 bits per heavy atom. The highest BCUT2D eigenvalue weighted by molar-refractivity contribution is 7.92. The van der Waals surface area contributed by atoms with E-state index in [0.29, 0.717) is 35.1 Å². The number of methoxy groups -OCH3 is 2. The van der Waals surface area contributed by atoms with Gasteiger partial charge in [-0.1, -0.05) is 36.2 Å². The van der Waals surface area contributed by atoms with Crippen LogP contribution in [0, 0.1) is 0 Å². The van der Waals surface area contributed by atoms with E-state index in [1.54, 1.807) is 49.4 Å². The van der Waals surface area contributed by atoms with Crippen molar-refractivity contribution in [3.8, 4) is 17.2 Å². The molecule has 13 heteroatoms. The number of ether oxygens (including phenoxy) is 3. The van der Waals surface area contributed by atoms with E-state index >= 15 is 0 Å². The van der Waals surface area contributed by atoms with Gasteiger partial charge in [-0.2, -0.15) is 0 Å². The number of benzene rings is 3. The topological polar surface area (TPSA) is 114 Å². The van der Waals surface area contributed by atoms with E-state index < -0.39 is 28.5 Å². The third-order valence-corrected chi connectivity index (χ3v) is 9.67. The Kier molecular flexibility index (Phi) is 12.8. The van der Waals surface area contributed by atoms with Crippen molar-refractivity contribution in [2.24, 2.45) is 0 Å². The van der Waals surface area contributed by atoms with Crippen LogP contribution in [-0.4, -0.2) is 64.6 Å². The minimum atomic E-state index is -4.35. The monoisotopic (exact) mass is 679 g/mol. The Morgan fingerprint density at radius 1 is 0.889 bits per heavy atom. The lowest BCUT2D eigenvalue weighted by Gasteiger charge is -2.32. The van der Waals surface area contributed by atoms with Crippen LogP contribution in [0.15, 0.2) is 65.6 Å². The van der Waals surface area contributed by atoms with Crippen LogP contribution in [0.25, 0.3) is 0 Å². The molecule has 3 aromatic carbocycles. The molecule has 2 amide bonds. The molecule has 0 heterocycles. The molecule has 0 aliphatic carbocycles. The number of hydrogen-bond donors (Lipinski definition) is 1. The van der Waals surface area contributed by atoms with Crippen LogP contribution >= 0.6 is 23.2 Å². The van der Waals surface area contributed by atoms with Crippen molar-refractivity contribution in [1.29, 1.82) is 0 Å². The number of sulfonamides is 1. The fraction of sp³-hybridized carbons (Fsp3) is 0.375. The van der Waals surface area contributed by atoms with Crippen molar-refractivity contribution >= 4 is 50.7 Å². The molecule has 0 radical (unpaired) electrons. The summed E-state index contributed by atoms with van der Waals surface area (Å²) in [7, 11) is -1.51. The number of rotatable bonds is 15. The molecule has 45 heavy (non-hydrogen) atoms. The molecular weight excluding hydrogens is 641 g/mol. The standard InChI is InChI=1S/C32H39Cl2N3O7S/c1-7-21(3)35-32(39)22(4)36(19-23-9-15-27(33)28(34)17-23)31(38)20-37(24-10-12-25(13-11-24)44-8-2)45(40,41)26-14-16-29(42-5)30(18-26)43-6/h9-18,21-22H,7-8,19-20H2,1-6H3,(H,35,39)/t21-,22+/m1/s1. The average molecular weight is 681 g/mol. The highest BCUT2D eigenvalue weighted by Gasteiger charge is 2.33. The SMILES string of the molecule is CCOc1ccc(N(CC(=O)N(Cc2ccc(Cl)c(Cl)c2)[C@@H](C)C(=O)N[C@H](C)CC)S(=O)(=O)c2ccc(OC)c(OC)c2)cc1. The third-order valence-electron chi connectivity index (χ3n) is 7.16. The second-order valence-corrected chi connectivity index (χ2v) is 12.9. The zero-order valence-electron chi connectivity index (χ0n) is 26.2. The van der Waals surface area contributed by atoms with Crippen LogP contribution in [0.3, 0.4) is 0 Å². The summed E-state index contributed by atoms with van der Waals surface area (Å²) in [6.45, 7) is 7.00. The first-order valence-corrected chi connectivity index (χ1v) is 16.6. The lowest BCUT2D eigenvalue weighted by molar-refractivity contribution is -0.139. The molecule has 0 spiro atoms. The first kappa shape index (κ1) is 35.8. The Labute approximate surface area is 275 Å². The van der Waals surface area contributed by atoms with Gasteiger partial charge >= 0.3 is 0 Å². The summed E-state index contributed by atoms with van der Waals surface area (Å²) in [6.07, 6.45) is 0.689. The molecular formula is C32H39Cl2N3O7S. The van der Waals surface area contributed by atoms with Crippen molar-refractivity contribution < 1.29 is 32.2 Å². The molecule has 1 N–H and O–H groups in total. The Bertz CT molecular complexity index is 1590. The summed E-state index contributed by atoms with van der Waals surface area (Å²) in [6, 6.07) is 14.3. The van der Waals surface area contributed by atoms with Crippen LogP contribution in [0.1, 0.15) is 39.7 Å². The summed E-state index contributed by atoms with van der Waals surface area (Å²) in [5, 5.41) is 3.52. The highest BCUT2D eigenvalue weighted by Crippen LogP contribution is 2.33. The molecule has 0 saturated carbocycles. The van der Waals surface area contributed by atoms with Gasteiger partial charge in [-0.3, -0.25) is 13.9 Å². The lowest BCUT2D eigenvalue weighted by Crippen LogP contribution is -2.52. The summed E-state index contributed by atoms with van der Waals surface area (Å²) < 4.78 is 45.6. The van der Waals surface area contributed by atoms with Crippen molar-refractivity contribution in [2.75, 3.05) is 31.7 Å². The van der Waals surface area contributed by atoms with E-state index in [1.807, 2.05) is 20.8 Å². The van der Waals surface area contributed by atoms with Crippen molar-refractivity contribution in [3.63, 3.8) is 0 Å². The van der Waals surface area contributed by atoms with E-state index in [0.717, 1.165) is 4.31 Å². The summed E-state index contributed by atoms with van der Waals surface area (Å²) in [5.74, 6) is 0.0776. The van der Waals surface area contributed by atoms with Gasteiger partial charge in [-0.15, -0.1) is 0 Å². The van der Waals surface area contributed by atoms with Crippen LogP contribution < -0.4 is 23.8 Å². The number of amides is 2. The molecule has 3 rings (SSSR count). The van der Waals surface area contributed by atoms with Gasteiger partial charge in [-0.05, 0) is 81.3 Å². The van der Waals surface area contributed by atoms with E-state index in [9.17, 15) is 18.0 Å². The normalized spacial score (nSPS) is 12.5. The maximum Gasteiger partial charge on any atom is 0.264 e. The van der Waals surface area contributed by atoms with Crippen molar-refractivity contribution in [3.05, 3.63) is 76.3 Å². The molecule has 2 atom stereocenters. The zero-order chi connectivity index (χ0) is 33.3. The maximum atomic E-state index is 14.2. The van der Waals surface area contributed by atoms with Crippen LogP contribution in [-0.2, 0) is 26.2 Å². The fourth-order valence-electron chi connectivity index (χ4n) is 4.39. The molecule has 3 aromatic rings. The van der Waals surface area contributed by atoms with Gasteiger partial charge in [-0.25, -0.2) is 8.42 Å². The van der Waals surface area contributed by atoms with Gasteiger partial charge < -0.3 is 24.4 Å². The summed E-state index contributed by atoms with van der Waals surface area (Å²) in [5.41, 5.74) is 0.823.